The number of aliphatic imine (C=N–C) groups is 1. The van der Waals surface area contributed by atoms with E-state index in [1.165, 1.54) is 12.1 Å². The molecule has 4 aromatic carbocycles. The number of halogens is 3. The van der Waals surface area contributed by atoms with Gasteiger partial charge in [-0.25, -0.2) is 14.8 Å². The lowest BCUT2D eigenvalue weighted by Crippen LogP contribution is -2.54. The van der Waals surface area contributed by atoms with Gasteiger partial charge in [0.15, 0.2) is 11.6 Å². The van der Waals surface area contributed by atoms with Gasteiger partial charge >= 0.3 is 0 Å². The molecular weight excluding hydrogens is 702 g/mol. The second-order valence-electron chi connectivity index (χ2n) is 11.3. The number of hydrogen-bond donors (Lipinski definition) is 3. The summed E-state index contributed by atoms with van der Waals surface area (Å²) in [6.07, 6.45) is -0.405. The zero-order valence-electron chi connectivity index (χ0n) is 26.9. The van der Waals surface area contributed by atoms with Gasteiger partial charge in [-0.2, -0.15) is 11.8 Å². The van der Waals surface area contributed by atoms with Crippen LogP contribution in [0.1, 0.15) is 40.3 Å². The Hall–Kier alpha value is -4.29. The number of benzene rings is 4. The molecule has 4 aromatic rings. The number of hydrazine groups is 1. The van der Waals surface area contributed by atoms with Crippen LogP contribution in [0.3, 0.4) is 0 Å². The van der Waals surface area contributed by atoms with Gasteiger partial charge in [0.05, 0.1) is 13.2 Å². The van der Waals surface area contributed by atoms with Gasteiger partial charge in [-0.1, -0.05) is 70.8 Å². The molecular formula is C36H35Cl2FN6O4S. The molecule has 1 amide bonds. The van der Waals surface area contributed by atoms with E-state index < -0.39 is 17.6 Å². The molecule has 0 spiro atoms. The molecule has 1 aliphatic rings. The quantitative estimate of drug-likeness (QED) is 0.0333. The Labute approximate surface area is 303 Å². The normalized spacial score (nSPS) is 16.6. The Bertz CT molecular complexity index is 1840. The van der Waals surface area contributed by atoms with E-state index in [-0.39, 0.29) is 31.3 Å². The minimum Gasteiger partial charge on any atom is -0.494 e. The first-order valence-electron chi connectivity index (χ1n) is 15.8. The Morgan fingerprint density at radius 2 is 1.84 bits per heavy atom. The maximum atomic E-state index is 14.5. The first kappa shape index (κ1) is 37.0. The number of hydrogen-bond acceptors (Lipinski definition) is 8. The number of aliphatic hydroxyl groups excluding tert-OH is 1. The molecule has 10 nitrogen and oxygen atoms in total. The van der Waals surface area contributed by atoms with E-state index in [1.54, 1.807) is 66.4 Å². The van der Waals surface area contributed by atoms with Crippen molar-refractivity contribution in [2.45, 2.75) is 36.8 Å². The van der Waals surface area contributed by atoms with Crippen LogP contribution in [0.5, 0.6) is 5.75 Å². The third kappa shape index (κ3) is 9.48. The molecule has 0 aliphatic carbocycles. The molecule has 0 radical (unpaired) electrons. The average molecular weight is 738 g/mol. The van der Waals surface area contributed by atoms with Crippen molar-refractivity contribution in [3.05, 3.63) is 145 Å². The van der Waals surface area contributed by atoms with Crippen molar-refractivity contribution in [1.82, 2.24) is 10.9 Å². The number of aliphatic hydroxyl groups is 1. The van der Waals surface area contributed by atoms with Crippen LogP contribution in [0, 0.1) is 5.82 Å². The van der Waals surface area contributed by atoms with Gasteiger partial charge in [0.2, 0.25) is 5.90 Å². The predicted molar refractivity (Wildman–Crippen MR) is 195 cm³/mol. The predicted octanol–water partition coefficient (Wildman–Crippen LogP) is 7.76. The van der Waals surface area contributed by atoms with Crippen molar-refractivity contribution in [3.8, 4) is 5.75 Å². The van der Waals surface area contributed by atoms with Crippen LogP contribution in [-0.4, -0.2) is 48.0 Å². The van der Waals surface area contributed by atoms with Gasteiger partial charge in [-0.15, -0.1) is 0 Å². The zero-order valence-corrected chi connectivity index (χ0v) is 29.2. The molecule has 50 heavy (non-hydrogen) atoms. The van der Waals surface area contributed by atoms with E-state index in [2.05, 4.69) is 20.9 Å². The van der Waals surface area contributed by atoms with Crippen LogP contribution in [-0.2, 0) is 28.2 Å². The zero-order chi connectivity index (χ0) is 35.3. The van der Waals surface area contributed by atoms with Gasteiger partial charge in [0.1, 0.15) is 11.6 Å². The molecule has 2 atom stereocenters. The molecule has 260 valence electrons. The van der Waals surface area contributed by atoms with Crippen molar-refractivity contribution >= 4 is 46.8 Å². The molecule has 3 N–H and O–H groups in total. The molecule has 0 unspecified atom stereocenters. The van der Waals surface area contributed by atoms with Gasteiger partial charge < -0.3 is 14.6 Å². The summed E-state index contributed by atoms with van der Waals surface area (Å²) in [4.78, 5) is 22.5. The van der Waals surface area contributed by atoms with E-state index >= 15 is 0 Å². The second-order valence-corrected chi connectivity index (χ2v) is 13.3. The fourth-order valence-corrected chi connectivity index (χ4v) is 6.73. The molecule has 0 fully saturated rings. The monoisotopic (exact) mass is 736 g/mol. The number of amides is 1. The highest BCUT2D eigenvalue weighted by Crippen LogP contribution is 2.45. The van der Waals surface area contributed by atoms with Crippen LogP contribution in [0.25, 0.3) is 10.4 Å². The largest absolute Gasteiger partial charge is 0.494 e. The number of azide groups is 1. The summed E-state index contributed by atoms with van der Waals surface area (Å²) < 4.78 is 25.5. The first-order chi connectivity index (χ1) is 24.3. The summed E-state index contributed by atoms with van der Waals surface area (Å²) in [5.74, 6) is 1.43. The molecule has 5 rings (SSSR count). The summed E-state index contributed by atoms with van der Waals surface area (Å²) in [5.41, 5.74) is 17.0. The topological polar surface area (TPSA) is 141 Å². The molecule has 1 aliphatic heterocycles. The van der Waals surface area contributed by atoms with Gasteiger partial charge in [0.25, 0.3) is 5.91 Å². The van der Waals surface area contributed by atoms with E-state index in [4.69, 9.17) is 48.3 Å². The lowest BCUT2D eigenvalue weighted by atomic mass is 9.81. The van der Waals surface area contributed by atoms with Crippen molar-refractivity contribution in [2.75, 3.05) is 25.5 Å². The van der Waals surface area contributed by atoms with Crippen LogP contribution in [0.2, 0.25) is 10.0 Å². The summed E-state index contributed by atoms with van der Waals surface area (Å²) >= 11 is 14.7. The fourth-order valence-electron chi connectivity index (χ4n) is 5.40. The lowest BCUT2D eigenvalue weighted by Gasteiger charge is -2.32. The summed E-state index contributed by atoms with van der Waals surface area (Å²) in [6, 6.07) is 25.8. The summed E-state index contributed by atoms with van der Waals surface area (Å²) in [6.45, 7) is 0.899. The molecule has 14 heteroatoms. The Morgan fingerprint density at radius 3 is 2.56 bits per heavy atom. The van der Waals surface area contributed by atoms with E-state index in [9.17, 15) is 9.18 Å². The van der Waals surface area contributed by atoms with Crippen molar-refractivity contribution < 1.29 is 23.8 Å². The number of carbonyl (C=O) groups is 1. The Balaban J connectivity index is 1.47. The standard InChI is InChI=1S/C36H35Cl2FN6O4S/c37-28-10-15-31(32(38)20-28)33-36(21-26-4-1-2-5-27(26)22-42-45-40,35(47)44-41-16-19-50-23-24-6-11-29(39)12-7-24)43-34(49-33)25-8-13-30(14-9-25)48-18-3-17-46/h1-2,4-15,20,33,41,46H,3,16-19,21-23H2,(H,44,47)/t33-,36-/m0/s1. The maximum Gasteiger partial charge on any atom is 0.266 e. The number of carbonyl (C=O) groups excluding carboxylic acids is 1. The third-order valence-corrected chi connectivity index (χ3v) is 9.51. The van der Waals surface area contributed by atoms with Crippen molar-refractivity contribution in [1.29, 1.82) is 0 Å². The van der Waals surface area contributed by atoms with Crippen LogP contribution in [0.4, 0.5) is 4.39 Å². The number of thioether (sulfide) groups is 1. The molecule has 0 bridgehead atoms. The molecule has 0 saturated heterocycles. The van der Waals surface area contributed by atoms with Crippen LogP contribution < -0.4 is 15.6 Å². The number of rotatable bonds is 17. The fraction of sp³-hybridized carbons (Fsp3) is 0.278. The SMILES string of the molecule is [N-]=[N+]=NCc1ccccc1C[C@]1(C(=O)NNCCSCc2ccc(F)cc2)N=C(c2ccc(OCCCO)cc2)O[C@H]1c1ccc(Cl)cc1Cl. The Morgan fingerprint density at radius 1 is 1.08 bits per heavy atom. The van der Waals surface area contributed by atoms with Crippen LogP contribution >= 0.6 is 35.0 Å². The van der Waals surface area contributed by atoms with Crippen molar-refractivity contribution in [2.24, 2.45) is 10.1 Å². The summed E-state index contributed by atoms with van der Waals surface area (Å²) in [5, 5.41) is 13.6. The highest BCUT2D eigenvalue weighted by atomic mass is 35.5. The summed E-state index contributed by atoms with van der Waals surface area (Å²) in [7, 11) is 0. The van der Waals surface area contributed by atoms with E-state index in [0.29, 0.717) is 58.0 Å². The van der Waals surface area contributed by atoms with E-state index in [0.717, 1.165) is 16.7 Å². The van der Waals surface area contributed by atoms with Crippen molar-refractivity contribution in [3.63, 3.8) is 0 Å². The molecule has 0 saturated carbocycles. The lowest BCUT2D eigenvalue weighted by molar-refractivity contribution is -0.130. The number of ether oxygens (including phenoxy) is 2. The van der Waals surface area contributed by atoms with Gasteiger partial charge in [-0.3, -0.25) is 10.2 Å². The van der Waals surface area contributed by atoms with Gasteiger partial charge in [0, 0.05) is 63.6 Å². The van der Waals surface area contributed by atoms with Gasteiger partial charge in [-0.05, 0) is 70.8 Å². The molecule has 1 heterocycles. The highest BCUT2D eigenvalue weighted by Gasteiger charge is 2.54. The van der Waals surface area contributed by atoms with Crippen LogP contribution in [0.15, 0.2) is 101 Å². The second kappa shape index (κ2) is 18.1. The number of nitrogens with one attached hydrogen (secondary N) is 2. The third-order valence-electron chi connectivity index (χ3n) is 7.91. The highest BCUT2D eigenvalue weighted by molar-refractivity contribution is 7.98. The molecule has 0 aromatic heterocycles. The number of nitrogens with zero attached hydrogens (tertiary/aromatic N) is 4. The van der Waals surface area contributed by atoms with E-state index in [1.807, 2.05) is 24.3 Å². The minimum atomic E-state index is -1.58. The average Bonchev–Trinajstić information content (AvgIpc) is 3.50. The first-order valence-corrected chi connectivity index (χ1v) is 17.7. The Kier molecular flexibility index (Phi) is 13.4. The minimum absolute atomic E-state index is 0.0250. The maximum absolute atomic E-state index is 14.5. The smallest absolute Gasteiger partial charge is 0.266 e.